The third kappa shape index (κ3) is 12.1. The van der Waals surface area contributed by atoms with Gasteiger partial charge < -0.3 is 9.11 Å². The van der Waals surface area contributed by atoms with Gasteiger partial charge in [-0.3, -0.25) is 0 Å². The number of halogens is 14. The number of rotatable bonds is 10. The molecule has 0 aliphatic rings. The van der Waals surface area contributed by atoms with Crippen molar-refractivity contribution < 1.29 is 96.5 Å². The molecule has 0 aromatic carbocycles. The van der Waals surface area contributed by atoms with Gasteiger partial charge in [0.25, 0.3) is 0 Å². The standard InChI is InChI=1S/C16H28N.C8H12N.2C3HF7O3S/c1-7-13-12(6)15(9-3)17(11-5)16(10-4)14(13)8-2;1-3-9-6-4-5-8(2)7-9;2*4-1(5,2(6,7)8)3(9,10)14(11,12)13/h7-11H2,1-6H3;4-7H,3H2,1-2H3;2*(H,11,12,13)/q2*+1;;/p-2. The highest BCUT2D eigenvalue weighted by Gasteiger charge is 2.77. The van der Waals surface area contributed by atoms with Gasteiger partial charge in [0.1, 0.15) is 13.1 Å². The zero-order valence-electron chi connectivity index (χ0n) is 30.0. The summed E-state index contributed by atoms with van der Waals surface area (Å²) < 4.78 is 223. The van der Waals surface area contributed by atoms with Gasteiger partial charge in [-0.25, -0.2) is 21.4 Å². The Kier molecular flexibility index (Phi) is 19.1. The topological polar surface area (TPSA) is 122 Å². The first-order valence-electron chi connectivity index (χ1n) is 15.6. The number of pyridine rings is 2. The predicted molar refractivity (Wildman–Crippen MR) is 163 cm³/mol. The van der Waals surface area contributed by atoms with E-state index in [1.54, 1.807) is 22.5 Å². The monoisotopic (exact) mass is 854 g/mol. The lowest BCUT2D eigenvalue weighted by molar-refractivity contribution is -0.708. The van der Waals surface area contributed by atoms with Crippen LogP contribution < -0.4 is 9.13 Å². The molecule has 0 atom stereocenters. The molecule has 316 valence electrons. The van der Waals surface area contributed by atoms with Crippen LogP contribution in [0.3, 0.4) is 0 Å². The van der Waals surface area contributed by atoms with Crippen LogP contribution in [-0.2, 0) is 59.0 Å². The Balaban J connectivity index is 0. The summed E-state index contributed by atoms with van der Waals surface area (Å²) in [7, 11) is -14.2. The second kappa shape index (κ2) is 19.3. The van der Waals surface area contributed by atoms with Crippen molar-refractivity contribution in [2.24, 2.45) is 0 Å². The van der Waals surface area contributed by atoms with Crippen LogP contribution in [0.1, 0.15) is 75.2 Å². The summed E-state index contributed by atoms with van der Waals surface area (Å²) in [5.41, 5.74) is 9.16. The summed E-state index contributed by atoms with van der Waals surface area (Å²) >= 11 is 0. The fourth-order valence-corrected chi connectivity index (χ4v) is 5.59. The van der Waals surface area contributed by atoms with Gasteiger partial charge >= 0.3 is 34.7 Å². The van der Waals surface area contributed by atoms with E-state index in [0.717, 1.165) is 32.4 Å². The normalized spacial score (nSPS) is 13.2. The summed E-state index contributed by atoms with van der Waals surface area (Å²) in [6.07, 6.45) is -4.81. The Labute approximate surface area is 303 Å². The predicted octanol–water partition coefficient (Wildman–Crippen LogP) is 7.50. The zero-order chi connectivity index (χ0) is 43.7. The average Bonchev–Trinajstić information content (AvgIpc) is 3.02. The Hall–Kier alpha value is -2.86. The minimum Gasteiger partial charge on any atom is -0.743 e. The molecule has 0 amide bonds. The zero-order valence-corrected chi connectivity index (χ0v) is 31.6. The molecule has 54 heavy (non-hydrogen) atoms. The molecule has 2 aromatic heterocycles. The lowest BCUT2D eigenvalue weighted by Gasteiger charge is -2.29. The van der Waals surface area contributed by atoms with Gasteiger partial charge in [-0.15, -0.1) is 0 Å². The fourth-order valence-electron chi connectivity index (χ4n) is 4.73. The summed E-state index contributed by atoms with van der Waals surface area (Å²) in [6, 6.07) is 4.17. The van der Waals surface area contributed by atoms with Crippen LogP contribution in [0.2, 0.25) is 0 Å². The molecule has 0 radical (unpaired) electrons. The highest BCUT2D eigenvalue weighted by molar-refractivity contribution is 7.87. The van der Waals surface area contributed by atoms with Crippen LogP contribution in [0, 0.1) is 13.8 Å². The second-order valence-electron chi connectivity index (χ2n) is 10.9. The molecule has 0 bridgehead atoms. The highest BCUT2D eigenvalue weighted by atomic mass is 32.2. The van der Waals surface area contributed by atoms with E-state index in [1.165, 1.54) is 17.5 Å². The van der Waals surface area contributed by atoms with Crippen molar-refractivity contribution in [3.05, 3.63) is 58.2 Å². The molecule has 0 unspecified atom stereocenters. The third-order valence-corrected chi connectivity index (χ3v) is 9.15. The van der Waals surface area contributed by atoms with E-state index in [2.05, 4.69) is 89.1 Å². The van der Waals surface area contributed by atoms with Crippen molar-refractivity contribution in [2.75, 3.05) is 0 Å². The second-order valence-corrected chi connectivity index (χ2v) is 13.8. The fraction of sp³-hybridized carbons (Fsp3) is 0.667. The van der Waals surface area contributed by atoms with E-state index in [-0.39, 0.29) is 0 Å². The molecule has 0 spiro atoms. The van der Waals surface area contributed by atoms with Crippen molar-refractivity contribution >= 4 is 20.2 Å². The Morgan fingerprint density at radius 2 is 0.944 bits per heavy atom. The maximum atomic E-state index is 11.8. The van der Waals surface area contributed by atoms with Crippen LogP contribution in [0.25, 0.3) is 0 Å². The van der Waals surface area contributed by atoms with Gasteiger partial charge in [-0.1, -0.05) is 27.7 Å². The Morgan fingerprint density at radius 1 is 0.574 bits per heavy atom. The molecular formula is C30H40F14N2O6S2. The van der Waals surface area contributed by atoms with Gasteiger partial charge in [-0.05, 0) is 52.2 Å². The molecule has 0 aliphatic heterocycles. The summed E-state index contributed by atoms with van der Waals surface area (Å²) in [5.74, 6) is -13.8. The maximum absolute atomic E-state index is 11.8. The molecule has 0 saturated heterocycles. The first-order valence-corrected chi connectivity index (χ1v) is 18.4. The third-order valence-electron chi connectivity index (χ3n) is 7.39. The lowest BCUT2D eigenvalue weighted by atomic mass is 9.93. The molecule has 0 saturated carbocycles. The number of aromatic nitrogens is 2. The highest BCUT2D eigenvalue weighted by Crippen LogP contribution is 2.49. The molecule has 8 nitrogen and oxygen atoms in total. The number of alkyl halides is 14. The molecule has 0 N–H and O–H groups in total. The van der Waals surface area contributed by atoms with Crippen LogP contribution in [0.15, 0.2) is 24.5 Å². The van der Waals surface area contributed by atoms with Crippen LogP contribution >= 0.6 is 0 Å². The SMILES string of the molecule is CC[n+]1cccc(C)c1.CCc1c(C)c(CC)[n+](CC)c(CC)c1CC.O=S(=O)([O-])C(F)(F)C(F)(F)C(F)(F)F.O=S(=O)([O-])C(F)(F)C(F)(F)C(F)(F)F. The van der Waals surface area contributed by atoms with Crippen molar-refractivity contribution in [3.63, 3.8) is 0 Å². The van der Waals surface area contributed by atoms with Crippen LogP contribution in [0.5, 0.6) is 0 Å². The van der Waals surface area contributed by atoms with Gasteiger partial charge in [0.2, 0.25) is 0 Å². The van der Waals surface area contributed by atoms with Gasteiger partial charge in [0.05, 0.1) is 0 Å². The largest absolute Gasteiger partial charge is 0.743 e. The molecule has 2 aromatic rings. The molecule has 2 rings (SSSR count). The first-order chi connectivity index (χ1) is 24.0. The van der Waals surface area contributed by atoms with E-state index in [1.807, 2.05) is 0 Å². The van der Waals surface area contributed by atoms with E-state index >= 15 is 0 Å². The van der Waals surface area contributed by atoms with E-state index < -0.39 is 54.9 Å². The summed E-state index contributed by atoms with van der Waals surface area (Å²) in [4.78, 5) is 0. The number of aryl methyl sites for hydroxylation is 2. The number of hydrogen-bond acceptors (Lipinski definition) is 6. The molecule has 0 fully saturated rings. The van der Waals surface area contributed by atoms with Gasteiger partial charge in [0, 0.05) is 35.6 Å². The van der Waals surface area contributed by atoms with Crippen molar-refractivity contribution in [2.45, 2.75) is 129 Å². The van der Waals surface area contributed by atoms with Crippen LogP contribution in [-0.4, -0.2) is 60.6 Å². The minimum absolute atomic E-state index is 1.06. The quantitative estimate of drug-likeness (QED) is 0.139. The van der Waals surface area contributed by atoms with Crippen molar-refractivity contribution in [1.29, 1.82) is 0 Å². The van der Waals surface area contributed by atoms with Crippen LogP contribution in [0.4, 0.5) is 61.5 Å². The summed E-state index contributed by atoms with van der Waals surface area (Å²) in [5, 5.41) is -13.4. The molecule has 24 heteroatoms. The van der Waals surface area contributed by atoms with Gasteiger partial charge in [0.15, 0.2) is 44.0 Å². The van der Waals surface area contributed by atoms with E-state index in [4.69, 9.17) is 0 Å². The van der Waals surface area contributed by atoms with E-state index in [0.29, 0.717) is 0 Å². The summed E-state index contributed by atoms with van der Waals surface area (Å²) in [6.45, 7) is 20.1. The number of hydrogen-bond donors (Lipinski definition) is 0. The Morgan fingerprint density at radius 3 is 1.15 bits per heavy atom. The maximum Gasteiger partial charge on any atom is 0.461 e. The lowest BCUT2D eigenvalue weighted by Crippen LogP contribution is -2.55. The van der Waals surface area contributed by atoms with Gasteiger partial charge in [-0.2, -0.15) is 66.0 Å². The molecule has 0 aliphatic carbocycles. The molecule has 2 heterocycles. The smallest absolute Gasteiger partial charge is 0.461 e. The number of nitrogens with zero attached hydrogens (tertiary/aromatic N) is 2. The Bertz CT molecular complexity index is 1650. The first kappa shape index (κ1) is 53.2. The molecular weight excluding hydrogens is 814 g/mol. The van der Waals surface area contributed by atoms with E-state index in [9.17, 15) is 87.4 Å². The average molecular weight is 855 g/mol. The minimum atomic E-state index is -7.10. The van der Waals surface area contributed by atoms with Crippen molar-refractivity contribution in [1.82, 2.24) is 0 Å². The van der Waals surface area contributed by atoms with Crippen molar-refractivity contribution in [3.8, 4) is 0 Å².